The Kier molecular flexibility index (Phi) is 7.45. The van der Waals surface area contributed by atoms with Crippen molar-refractivity contribution in [2.75, 3.05) is 18.5 Å². The fourth-order valence-electron chi connectivity index (χ4n) is 3.19. The Morgan fingerprint density at radius 1 is 1.26 bits per heavy atom. The van der Waals surface area contributed by atoms with Gasteiger partial charge in [-0.1, -0.05) is 24.6 Å². The minimum atomic E-state index is -1.11. The van der Waals surface area contributed by atoms with Crippen molar-refractivity contribution in [1.82, 2.24) is 24.7 Å². The van der Waals surface area contributed by atoms with Crippen LogP contribution in [0.3, 0.4) is 0 Å². The third kappa shape index (κ3) is 5.34. The van der Waals surface area contributed by atoms with Crippen LogP contribution in [0.5, 0.6) is 5.88 Å². The number of ether oxygens (including phenoxy) is 2. The first kappa shape index (κ1) is 24.0. The van der Waals surface area contributed by atoms with Crippen molar-refractivity contribution in [1.29, 1.82) is 5.26 Å². The number of hydrogen-bond donors (Lipinski definition) is 1. The lowest BCUT2D eigenvalue weighted by molar-refractivity contribution is -0.125. The number of hydrogen-bond acceptors (Lipinski definition) is 8. The summed E-state index contributed by atoms with van der Waals surface area (Å²) in [6.07, 6.45) is 3.34. The van der Waals surface area contributed by atoms with Crippen molar-refractivity contribution >= 4 is 34.4 Å². The van der Waals surface area contributed by atoms with E-state index in [0.29, 0.717) is 33.9 Å². The monoisotopic (exact) mass is 495 g/mol. The van der Waals surface area contributed by atoms with Gasteiger partial charge in [-0.2, -0.15) is 10.4 Å². The summed E-state index contributed by atoms with van der Waals surface area (Å²) in [5.41, 5.74) is 0.994. The summed E-state index contributed by atoms with van der Waals surface area (Å²) in [4.78, 5) is 25.2. The van der Waals surface area contributed by atoms with E-state index in [0.717, 1.165) is 12.6 Å². The van der Waals surface area contributed by atoms with E-state index < -0.39 is 17.8 Å². The number of pyridine rings is 1. The van der Waals surface area contributed by atoms with Crippen LogP contribution in [0.2, 0.25) is 5.02 Å². The number of amides is 1. The number of halogens is 2. The van der Waals surface area contributed by atoms with Gasteiger partial charge in [0.05, 0.1) is 29.6 Å². The van der Waals surface area contributed by atoms with Crippen LogP contribution in [0, 0.1) is 17.1 Å². The number of nitrogens with one attached hydrogen (secondary N) is 1. The number of para-hydroxylation sites is 1. The SMILES string of the molecule is CCCOC[C@H](Oc1ncnc2c1cnn2-c1c(Cl)cccc1C#N)C(=O)Nc1ccc(F)cn1. The summed E-state index contributed by atoms with van der Waals surface area (Å²) in [5, 5.41) is 17.1. The molecule has 0 unspecified atom stereocenters. The predicted molar refractivity (Wildman–Crippen MR) is 125 cm³/mol. The Morgan fingerprint density at radius 3 is 2.86 bits per heavy atom. The first-order valence-corrected chi connectivity index (χ1v) is 10.9. The van der Waals surface area contributed by atoms with Crippen molar-refractivity contribution in [2.24, 2.45) is 0 Å². The largest absolute Gasteiger partial charge is 0.461 e. The summed E-state index contributed by atoms with van der Waals surface area (Å²) in [6.45, 7) is 2.29. The van der Waals surface area contributed by atoms with E-state index in [1.165, 1.54) is 29.3 Å². The molecule has 1 aromatic carbocycles. The third-order valence-electron chi connectivity index (χ3n) is 4.79. The molecule has 1 amide bonds. The van der Waals surface area contributed by atoms with Crippen LogP contribution in [-0.4, -0.2) is 50.0 Å². The summed E-state index contributed by atoms with van der Waals surface area (Å²) in [6, 6.07) is 9.51. The molecule has 3 aromatic heterocycles. The second kappa shape index (κ2) is 10.9. The molecule has 0 radical (unpaired) electrons. The smallest absolute Gasteiger partial charge is 0.269 e. The Labute approximate surface area is 204 Å². The second-order valence-corrected chi connectivity index (χ2v) is 7.66. The highest BCUT2D eigenvalue weighted by molar-refractivity contribution is 6.32. The molecule has 0 aliphatic carbocycles. The highest BCUT2D eigenvalue weighted by atomic mass is 35.5. The molecule has 35 heavy (non-hydrogen) atoms. The highest BCUT2D eigenvalue weighted by Crippen LogP contribution is 2.29. The molecule has 3 heterocycles. The number of nitriles is 1. The number of rotatable bonds is 9. The maximum atomic E-state index is 13.2. The molecule has 178 valence electrons. The molecule has 4 aromatic rings. The van der Waals surface area contributed by atoms with Gasteiger partial charge in [0.25, 0.3) is 5.91 Å². The lowest BCUT2D eigenvalue weighted by Gasteiger charge is -2.18. The molecular weight excluding hydrogens is 477 g/mol. The van der Waals surface area contributed by atoms with Gasteiger partial charge in [0.2, 0.25) is 12.0 Å². The number of benzene rings is 1. The van der Waals surface area contributed by atoms with Crippen molar-refractivity contribution < 1.29 is 18.7 Å². The maximum absolute atomic E-state index is 13.2. The lowest BCUT2D eigenvalue weighted by atomic mass is 10.2. The van der Waals surface area contributed by atoms with Crippen molar-refractivity contribution in [3.63, 3.8) is 0 Å². The average molecular weight is 496 g/mol. The summed E-state index contributed by atoms with van der Waals surface area (Å²) < 4.78 is 26.0. The van der Waals surface area contributed by atoms with E-state index in [4.69, 9.17) is 21.1 Å². The lowest BCUT2D eigenvalue weighted by Crippen LogP contribution is -2.37. The third-order valence-corrected chi connectivity index (χ3v) is 5.10. The van der Waals surface area contributed by atoms with E-state index in [1.807, 2.05) is 6.92 Å². The van der Waals surface area contributed by atoms with E-state index in [-0.39, 0.29) is 18.3 Å². The van der Waals surface area contributed by atoms with Crippen LogP contribution < -0.4 is 10.1 Å². The van der Waals surface area contributed by atoms with E-state index in [9.17, 15) is 14.4 Å². The van der Waals surface area contributed by atoms with Crippen molar-refractivity contribution in [3.8, 4) is 17.6 Å². The Bertz CT molecular complexity index is 1390. The Balaban J connectivity index is 1.65. The van der Waals surface area contributed by atoms with Crippen molar-refractivity contribution in [2.45, 2.75) is 19.4 Å². The standard InChI is InChI=1S/C23H19ClFN7O3/c1-2-8-34-12-18(22(33)31-19-7-6-15(25)10-27-19)35-23-16-11-30-32(21(16)28-13-29-23)20-14(9-26)4-3-5-17(20)24/h3-7,10-11,13,18H,2,8,12H2,1H3,(H,27,31,33)/t18-/m0/s1. The molecule has 0 bridgehead atoms. The van der Waals surface area contributed by atoms with Gasteiger partial charge in [-0.3, -0.25) is 4.79 Å². The zero-order chi connectivity index (χ0) is 24.8. The van der Waals surface area contributed by atoms with Crippen LogP contribution in [0.15, 0.2) is 49.1 Å². The zero-order valence-electron chi connectivity index (χ0n) is 18.5. The van der Waals surface area contributed by atoms with Crippen LogP contribution in [0.1, 0.15) is 18.9 Å². The van der Waals surface area contributed by atoms with Gasteiger partial charge < -0.3 is 14.8 Å². The Morgan fingerprint density at radius 2 is 2.11 bits per heavy atom. The molecule has 0 aliphatic rings. The van der Waals surface area contributed by atoms with Crippen molar-refractivity contribution in [3.05, 3.63) is 65.5 Å². The van der Waals surface area contributed by atoms with E-state index in [1.54, 1.807) is 18.2 Å². The van der Waals surface area contributed by atoms with E-state index >= 15 is 0 Å². The molecule has 12 heteroatoms. The normalized spacial score (nSPS) is 11.7. The van der Waals surface area contributed by atoms with E-state index in [2.05, 4.69) is 31.4 Å². The summed E-state index contributed by atoms with van der Waals surface area (Å²) in [5.74, 6) is -0.846. The molecule has 0 fully saturated rings. The van der Waals surface area contributed by atoms with Crippen LogP contribution in [0.25, 0.3) is 16.7 Å². The number of anilines is 1. The predicted octanol–water partition coefficient (Wildman–Crippen LogP) is 3.69. The zero-order valence-corrected chi connectivity index (χ0v) is 19.2. The fraction of sp³-hybridized carbons (Fsp3) is 0.217. The second-order valence-electron chi connectivity index (χ2n) is 7.25. The maximum Gasteiger partial charge on any atom is 0.269 e. The summed E-state index contributed by atoms with van der Waals surface area (Å²) >= 11 is 6.34. The van der Waals surface area contributed by atoms with Crippen LogP contribution in [-0.2, 0) is 9.53 Å². The highest BCUT2D eigenvalue weighted by Gasteiger charge is 2.25. The van der Waals surface area contributed by atoms with Gasteiger partial charge in [-0.25, -0.2) is 24.0 Å². The van der Waals surface area contributed by atoms with Gasteiger partial charge in [0.15, 0.2) is 5.65 Å². The molecule has 0 saturated carbocycles. The first-order chi connectivity index (χ1) is 17.0. The average Bonchev–Trinajstić information content (AvgIpc) is 3.29. The van der Waals surface area contributed by atoms with Crippen LogP contribution in [0.4, 0.5) is 10.2 Å². The molecule has 0 aliphatic heterocycles. The Hall–Kier alpha value is -4.14. The topological polar surface area (TPSA) is 128 Å². The molecule has 1 N–H and O–H groups in total. The molecule has 10 nitrogen and oxygen atoms in total. The van der Waals surface area contributed by atoms with Gasteiger partial charge in [0.1, 0.15) is 35.1 Å². The molecule has 0 spiro atoms. The van der Waals surface area contributed by atoms with Gasteiger partial charge in [0, 0.05) is 6.61 Å². The molecule has 1 atom stereocenters. The number of carbonyl (C=O) groups excluding carboxylic acids is 1. The number of nitrogens with zero attached hydrogens (tertiary/aromatic N) is 6. The number of aromatic nitrogens is 5. The quantitative estimate of drug-likeness (QED) is 0.348. The molecule has 0 saturated heterocycles. The summed E-state index contributed by atoms with van der Waals surface area (Å²) in [7, 11) is 0. The minimum Gasteiger partial charge on any atom is -0.461 e. The molecular formula is C23H19ClFN7O3. The number of carbonyl (C=O) groups is 1. The van der Waals surface area contributed by atoms with Gasteiger partial charge in [-0.15, -0.1) is 0 Å². The fourth-order valence-corrected chi connectivity index (χ4v) is 3.44. The molecule has 4 rings (SSSR count). The van der Waals surface area contributed by atoms with Crippen LogP contribution >= 0.6 is 11.6 Å². The minimum absolute atomic E-state index is 0.0659. The van der Waals surface area contributed by atoms with Gasteiger partial charge in [-0.05, 0) is 30.7 Å². The van der Waals surface area contributed by atoms with Gasteiger partial charge >= 0.3 is 0 Å². The first-order valence-electron chi connectivity index (χ1n) is 10.6. The number of fused-ring (bicyclic) bond motifs is 1.